The first-order chi connectivity index (χ1) is 13.0. The predicted molar refractivity (Wildman–Crippen MR) is 109 cm³/mol. The number of aromatic nitrogens is 1. The van der Waals surface area contributed by atoms with Gasteiger partial charge in [-0.15, -0.1) is 6.58 Å². The van der Waals surface area contributed by atoms with Gasteiger partial charge in [-0.3, -0.25) is 9.59 Å². The number of pyridine rings is 1. The highest BCUT2D eigenvalue weighted by Crippen LogP contribution is 2.26. The van der Waals surface area contributed by atoms with E-state index < -0.39 is 11.5 Å². The topological polar surface area (TPSA) is 83.7 Å². The van der Waals surface area contributed by atoms with Crippen LogP contribution in [0.15, 0.2) is 75.6 Å². The first kappa shape index (κ1) is 18.6. The van der Waals surface area contributed by atoms with Crippen molar-refractivity contribution >= 4 is 39.0 Å². The number of nitrogens with zero attached hydrogens (tertiary/aromatic N) is 2. The molecule has 136 valence electrons. The molecule has 0 atom stereocenters. The molecule has 0 saturated carbocycles. The fourth-order valence-electron chi connectivity index (χ4n) is 2.71. The van der Waals surface area contributed by atoms with Crippen molar-refractivity contribution < 1.29 is 9.90 Å². The highest BCUT2D eigenvalue weighted by Gasteiger charge is 2.21. The van der Waals surface area contributed by atoms with E-state index in [0.29, 0.717) is 10.9 Å². The number of rotatable bonds is 5. The zero-order chi connectivity index (χ0) is 19.4. The number of carbonyl (C=O) groups excluding carboxylic acids is 1. The van der Waals surface area contributed by atoms with Gasteiger partial charge < -0.3 is 9.67 Å². The fraction of sp³-hybridized carbons (Fsp3) is 0.0500. The van der Waals surface area contributed by atoms with Crippen molar-refractivity contribution in [2.45, 2.75) is 6.54 Å². The summed E-state index contributed by atoms with van der Waals surface area (Å²) in [5.41, 5.74) is 2.61. The molecule has 0 bridgehead atoms. The Labute approximate surface area is 163 Å². The lowest BCUT2D eigenvalue weighted by Gasteiger charge is -2.12. The minimum absolute atomic E-state index is 0.210. The van der Waals surface area contributed by atoms with Gasteiger partial charge >= 0.3 is 0 Å². The van der Waals surface area contributed by atoms with E-state index in [1.807, 2.05) is 24.3 Å². The number of benzene rings is 2. The van der Waals surface area contributed by atoms with E-state index in [0.717, 1.165) is 10.0 Å². The van der Waals surface area contributed by atoms with Gasteiger partial charge in [-0.1, -0.05) is 46.3 Å². The van der Waals surface area contributed by atoms with Crippen molar-refractivity contribution in [3.05, 3.63) is 87.1 Å². The van der Waals surface area contributed by atoms with Crippen LogP contribution >= 0.6 is 15.9 Å². The number of hydrogen-bond donors (Lipinski definition) is 2. The molecule has 0 aliphatic carbocycles. The van der Waals surface area contributed by atoms with Crippen molar-refractivity contribution in [2.75, 3.05) is 0 Å². The molecule has 0 aliphatic rings. The zero-order valence-corrected chi connectivity index (χ0v) is 15.8. The van der Waals surface area contributed by atoms with Crippen LogP contribution in [0.5, 0.6) is 5.75 Å². The van der Waals surface area contributed by atoms with Gasteiger partial charge in [0.15, 0.2) is 0 Å². The van der Waals surface area contributed by atoms with Crippen molar-refractivity contribution in [1.82, 2.24) is 9.99 Å². The van der Waals surface area contributed by atoms with E-state index in [4.69, 9.17) is 0 Å². The summed E-state index contributed by atoms with van der Waals surface area (Å²) in [5.74, 6) is -1.15. The predicted octanol–water partition coefficient (Wildman–Crippen LogP) is 3.42. The van der Waals surface area contributed by atoms with Gasteiger partial charge in [-0.25, -0.2) is 5.43 Å². The molecule has 0 unspecified atom stereocenters. The number of allylic oxidation sites excluding steroid dienone is 1. The standard InChI is InChI=1S/C20H16BrN3O3/c1-2-10-24-16-9-4-3-8-15(16)18(25)17(20(24)27)19(26)23-22-12-13-6-5-7-14(21)11-13/h2-9,11-12,25H,1,10H2,(H,23,26). The van der Waals surface area contributed by atoms with Gasteiger partial charge in [-0.2, -0.15) is 5.10 Å². The average Bonchev–Trinajstić information content (AvgIpc) is 2.65. The number of hydrogen-bond acceptors (Lipinski definition) is 4. The summed E-state index contributed by atoms with van der Waals surface area (Å²) in [6.07, 6.45) is 3.00. The Kier molecular flexibility index (Phi) is 5.52. The monoisotopic (exact) mass is 425 g/mol. The summed E-state index contributed by atoms with van der Waals surface area (Å²) < 4.78 is 2.26. The van der Waals surface area contributed by atoms with E-state index >= 15 is 0 Å². The van der Waals surface area contributed by atoms with Gasteiger partial charge in [0, 0.05) is 16.4 Å². The zero-order valence-electron chi connectivity index (χ0n) is 14.2. The van der Waals surface area contributed by atoms with E-state index in [-0.39, 0.29) is 17.9 Å². The fourth-order valence-corrected chi connectivity index (χ4v) is 3.13. The Balaban J connectivity index is 1.99. The van der Waals surface area contributed by atoms with Crippen LogP contribution in [0, 0.1) is 0 Å². The molecule has 7 heteroatoms. The second kappa shape index (κ2) is 8.01. The smallest absolute Gasteiger partial charge is 0.280 e. The molecular formula is C20H16BrN3O3. The summed E-state index contributed by atoms with van der Waals surface area (Å²) in [7, 11) is 0. The van der Waals surface area contributed by atoms with Gasteiger partial charge in [0.1, 0.15) is 11.3 Å². The summed E-state index contributed by atoms with van der Waals surface area (Å²) in [6, 6.07) is 14.1. The maximum absolute atomic E-state index is 12.7. The Morgan fingerprint density at radius 1 is 1.26 bits per heavy atom. The number of aromatic hydroxyl groups is 1. The van der Waals surface area contributed by atoms with Crippen LogP contribution in [0.25, 0.3) is 10.9 Å². The molecule has 3 aromatic rings. The molecular weight excluding hydrogens is 410 g/mol. The summed E-state index contributed by atoms with van der Waals surface area (Å²) >= 11 is 3.35. The van der Waals surface area contributed by atoms with E-state index in [1.165, 1.54) is 10.8 Å². The number of nitrogens with one attached hydrogen (secondary N) is 1. The van der Waals surface area contributed by atoms with Crippen LogP contribution < -0.4 is 11.0 Å². The second-order valence-electron chi connectivity index (χ2n) is 5.70. The van der Waals surface area contributed by atoms with Crippen LogP contribution in [-0.4, -0.2) is 21.8 Å². The third-order valence-electron chi connectivity index (χ3n) is 3.91. The van der Waals surface area contributed by atoms with E-state index in [9.17, 15) is 14.7 Å². The highest BCUT2D eigenvalue weighted by atomic mass is 79.9. The van der Waals surface area contributed by atoms with Crippen LogP contribution in [0.3, 0.4) is 0 Å². The van der Waals surface area contributed by atoms with Gasteiger partial charge in [0.2, 0.25) is 0 Å². The van der Waals surface area contributed by atoms with Crippen LogP contribution in [0.4, 0.5) is 0 Å². The molecule has 0 radical (unpaired) electrons. The maximum atomic E-state index is 12.7. The molecule has 3 rings (SSSR count). The molecule has 27 heavy (non-hydrogen) atoms. The van der Waals surface area contributed by atoms with Crippen LogP contribution in [-0.2, 0) is 6.54 Å². The van der Waals surface area contributed by atoms with Crippen LogP contribution in [0.2, 0.25) is 0 Å². The van der Waals surface area contributed by atoms with Crippen molar-refractivity contribution in [3.63, 3.8) is 0 Å². The van der Waals surface area contributed by atoms with Gasteiger partial charge in [-0.05, 0) is 29.8 Å². The molecule has 1 aromatic heterocycles. The Bertz CT molecular complexity index is 1120. The lowest BCUT2D eigenvalue weighted by molar-refractivity contribution is 0.0950. The molecule has 0 fully saturated rings. The minimum atomic E-state index is -0.785. The minimum Gasteiger partial charge on any atom is -0.506 e. The normalized spacial score (nSPS) is 11.0. The van der Waals surface area contributed by atoms with Crippen molar-refractivity contribution in [3.8, 4) is 5.75 Å². The van der Waals surface area contributed by atoms with Crippen LogP contribution in [0.1, 0.15) is 15.9 Å². The first-order valence-electron chi connectivity index (χ1n) is 8.07. The Morgan fingerprint density at radius 3 is 2.78 bits per heavy atom. The number of halogens is 1. The maximum Gasteiger partial charge on any atom is 0.280 e. The SMILES string of the molecule is C=CCn1c(=O)c(C(=O)NN=Cc2cccc(Br)c2)c(O)c2ccccc21. The first-order valence-corrected chi connectivity index (χ1v) is 8.86. The van der Waals surface area contributed by atoms with Crippen molar-refractivity contribution in [2.24, 2.45) is 5.10 Å². The molecule has 6 nitrogen and oxygen atoms in total. The Morgan fingerprint density at radius 2 is 2.04 bits per heavy atom. The number of carbonyl (C=O) groups is 1. The van der Waals surface area contributed by atoms with Gasteiger partial charge in [0.25, 0.3) is 11.5 Å². The van der Waals surface area contributed by atoms with Crippen molar-refractivity contribution in [1.29, 1.82) is 0 Å². The molecule has 2 aromatic carbocycles. The largest absolute Gasteiger partial charge is 0.506 e. The number of amides is 1. The lowest BCUT2D eigenvalue weighted by Crippen LogP contribution is -2.31. The summed E-state index contributed by atoms with van der Waals surface area (Å²) in [5, 5.41) is 14.8. The third-order valence-corrected chi connectivity index (χ3v) is 4.41. The van der Waals surface area contributed by atoms with E-state index in [1.54, 1.807) is 30.3 Å². The lowest BCUT2D eigenvalue weighted by atomic mass is 10.1. The van der Waals surface area contributed by atoms with Gasteiger partial charge in [0.05, 0.1) is 11.7 Å². The molecule has 0 aliphatic heterocycles. The molecule has 2 N–H and O–H groups in total. The average molecular weight is 426 g/mol. The highest BCUT2D eigenvalue weighted by molar-refractivity contribution is 9.10. The summed E-state index contributed by atoms with van der Waals surface area (Å²) in [4.78, 5) is 25.3. The third kappa shape index (κ3) is 3.83. The second-order valence-corrected chi connectivity index (χ2v) is 6.61. The number of hydrazone groups is 1. The number of fused-ring (bicyclic) bond motifs is 1. The molecule has 1 amide bonds. The Hall–Kier alpha value is -3.19. The molecule has 1 heterocycles. The quantitative estimate of drug-likeness (QED) is 0.373. The van der Waals surface area contributed by atoms with E-state index in [2.05, 4.69) is 33.0 Å². The summed E-state index contributed by atoms with van der Waals surface area (Å²) in [6.45, 7) is 3.85. The number of para-hydroxylation sites is 1. The molecule has 0 spiro atoms. The molecule has 0 saturated heterocycles.